The number of carbonyl (C=O) groups is 2. The highest BCUT2D eigenvalue weighted by Crippen LogP contribution is 2.24. The van der Waals surface area contributed by atoms with Crippen molar-refractivity contribution in [3.63, 3.8) is 0 Å². The lowest BCUT2D eigenvalue weighted by atomic mass is 10.3. The van der Waals surface area contributed by atoms with Crippen LogP contribution in [0.5, 0.6) is 0 Å². The van der Waals surface area contributed by atoms with Gasteiger partial charge in [0.05, 0.1) is 18.8 Å². The fourth-order valence-corrected chi connectivity index (χ4v) is 1.75. The van der Waals surface area contributed by atoms with E-state index in [1.807, 2.05) is 30.5 Å². The molecule has 0 radical (unpaired) electrons. The average Bonchev–Trinajstić information content (AvgIpc) is 2.36. The first-order valence-electron chi connectivity index (χ1n) is 5.07. The van der Waals surface area contributed by atoms with Gasteiger partial charge >= 0.3 is 0 Å². The van der Waals surface area contributed by atoms with E-state index in [2.05, 4.69) is 10.6 Å². The third-order valence-electron chi connectivity index (χ3n) is 2.01. The van der Waals surface area contributed by atoms with Gasteiger partial charge in [-0.1, -0.05) is 12.1 Å². The molecule has 0 fully saturated rings. The molecule has 0 aliphatic heterocycles. The summed E-state index contributed by atoms with van der Waals surface area (Å²) in [6.07, 6.45) is 1.93. The highest BCUT2D eigenvalue weighted by molar-refractivity contribution is 7.98. The van der Waals surface area contributed by atoms with Crippen LogP contribution in [0, 0.1) is 0 Å². The van der Waals surface area contributed by atoms with Gasteiger partial charge in [0, 0.05) is 4.90 Å². The van der Waals surface area contributed by atoms with E-state index in [4.69, 9.17) is 5.73 Å². The number of rotatable bonds is 5. The molecule has 0 saturated heterocycles. The molecule has 1 aromatic carbocycles. The molecule has 1 aromatic rings. The molecule has 0 saturated carbocycles. The lowest BCUT2D eigenvalue weighted by molar-refractivity contribution is -0.123. The van der Waals surface area contributed by atoms with Crippen molar-refractivity contribution in [2.24, 2.45) is 5.73 Å². The van der Waals surface area contributed by atoms with Crippen molar-refractivity contribution in [3.8, 4) is 0 Å². The lowest BCUT2D eigenvalue weighted by Crippen LogP contribution is -2.36. The number of amides is 2. The summed E-state index contributed by atoms with van der Waals surface area (Å²) >= 11 is 1.54. The molecule has 1 rings (SSSR count). The third kappa shape index (κ3) is 5.39. The minimum absolute atomic E-state index is 0. The number of thioether (sulfide) groups is 1. The molecule has 100 valence electrons. The Labute approximate surface area is 116 Å². The summed E-state index contributed by atoms with van der Waals surface area (Å²) in [4.78, 5) is 23.4. The second-order valence-corrected chi connectivity index (χ2v) is 4.08. The van der Waals surface area contributed by atoms with E-state index in [1.165, 1.54) is 0 Å². The van der Waals surface area contributed by atoms with Gasteiger partial charge < -0.3 is 16.4 Å². The van der Waals surface area contributed by atoms with Crippen LogP contribution >= 0.6 is 24.2 Å². The number of hydrogen-bond acceptors (Lipinski definition) is 4. The molecule has 5 nitrogen and oxygen atoms in total. The molecule has 0 heterocycles. The first kappa shape index (κ1) is 16.8. The largest absolute Gasteiger partial charge is 0.346 e. The van der Waals surface area contributed by atoms with Crippen LogP contribution in [-0.4, -0.2) is 31.2 Å². The number of benzene rings is 1. The molecule has 0 aromatic heterocycles. The quantitative estimate of drug-likeness (QED) is 0.702. The number of hydrogen-bond donors (Lipinski definition) is 3. The molecule has 0 aliphatic carbocycles. The van der Waals surface area contributed by atoms with Gasteiger partial charge in [-0.25, -0.2) is 0 Å². The van der Waals surface area contributed by atoms with E-state index in [0.29, 0.717) is 0 Å². The molecular weight excluding hydrogens is 274 g/mol. The number of carbonyl (C=O) groups excluding carboxylic acids is 2. The Kier molecular flexibility index (Phi) is 8.19. The summed E-state index contributed by atoms with van der Waals surface area (Å²) in [5.74, 6) is -0.619. The van der Waals surface area contributed by atoms with E-state index in [9.17, 15) is 9.59 Å². The topological polar surface area (TPSA) is 84.2 Å². The monoisotopic (exact) mass is 289 g/mol. The number of nitrogens with two attached hydrogens (primary N) is 1. The van der Waals surface area contributed by atoms with Crippen molar-refractivity contribution < 1.29 is 9.59 Å². The van der Waals surface area contributed by atoms with Crippen molar-refractivity contribution >= 4 is 41.7 Å². The molecule has 2 amide bonds. The van der Waals surface area contributed by atoms with Crippen LogP contribution < -0.4 is 16.4 Å². The van der Waals surface area contributed by atoms with Gasteiger partial charge in [0.1, 0.15) is 0 Å². The fraction of sp³-hybridized carbons (Fsp3) is 0.273. The Morgan fingerprint density at radius 1 is 1.28 bits per heavy atom. The van der Waals surface area contributed by atoms with E-state index in [0.717, 1.165) is 10.6 Å². The number of anilines is 1. The SMILES string of the molecule is CSc1ccccc1NC(=O)CNC(=O)CN.Cl. The smallest absolute Gasteiger partial charge is 0.243 e. The van der Waals surface area contributed by atoms with Gasteiger partial charge in [-0.3, -0.25) is 9.59 Å². The second-order valence-electron chi connectivity index (χ2n) is 3.23. The fourth-order valence-electron chi connectivity index (χ4n) is 1.19. The molecule has 18 heavy (non-hydrogen) atoms. The van der Waals surface area contributed by atoms with Gasteiger partial charge in [0.25, 0.3) is 0 Å². The molecular formula is C11H16ClN3O2S. The van der Waals surface area contributed by atoms with Crippen LogP contribution in [0.25, 0.3) is 0 Å². The standard InChI is InChI=1S/C11H15N3O2S.ClH/c1-17-9-5-3-2-4-8(9)14-11(16)7-13-10(15)6-12;/h2-5H,6-7,12H2,1H3,(H,13,15)(H,14,16);1H. The summed E-state index contributed by atoms with van der Waals surface area (Å²) in [5, 5.41) is 5.13. The predicted molar refractivity (Wildman–Crippen MR) is 76.2 cm³/mol. The summed E-state index contributed by atoms with van der Waals surface area (Å²) in [7, 11) is 0. The average molecular weight is 290 g/mol. The zero-order chi connectivity index (χ0) is 12.7. The third-order valence-corrected chi connectivity index (χ3v) is 2.81. The Balaban J connectivity index is 0.00000289. The van der Waals surface area contributed by atoms with Gasteiger partial charge in [-0.05, 0) is 18.4 Å². The van der Waals surface area contributed by atoms with E-state index in [-0.39, 0.29) is 37.3 Å². The van der Waals surface area contributed by atoms with E-state index in [1.54, 1.807) is 11.8 Å². The van der Waals surface area contributed by atoms with Crippen LogP contribution in [0.1, 0.15) is 0 Å². The zero-order valence-corrected chi connectivity index (χ0v) is 11.6. The maximum atomic E-state index is 11.5. The van der Waals surface area contributed by atoms with Crippen LogP contribution in [0.15, 0.2) is 29.2 Å². The molecule has 0 atom stereocenters. The van der Waals surface area contributed by atoms with E-state index >= 15 is 0 Å². The van der Waals surface area contributed by atoms with Crippen LogP contribution in [0.2, 0.25) is 0 Å². The lowest BCUT2D eigenvalue weighted by Gasteiger charge is -2.09. The minimum Gasteiger partial charge on any atom is -0.346 e. The van der Waals surface area contributed by atoms with Crippen molar-refractivity contribution in [3.05, 3.63) is 24.3 Å². The Hall–Kier alpha value is -1.24. The maximum absolute atomic E-state index is 11.5. The van der Waals surface area contributed by atoms with Crippen LogP contribution in [0.4, 0.5) is 5.69 Å². The van der Waals surface area contributed by atoms with Gasteiger partial charge in [0.2, 0.25) is 11.8 Å². The van der Waals surface area contributed by atoms with Crippen LogP contribution in [0.3, 0.4) is 0 Å². The summed E-state index contributed by atoms with van der Waals surface area (Å²) in [5.41, 5.74) is 5.85. The second kappa shape index (κ2) is 8.79. The normalized spacial score (nSPS) is 9.22. The molecule has 0 aliphatic rings. The Bertz CT molecular complexity index is 415. The zero-order valence-electron chi connectivity index (χ0n) is 9.93. The highest BCUT2D eigenvalue weighted by atomic mass is 35.5. The molecule has 4 N–H and O–H groups in total. The number of nitrogens with one attached hydrogen (secondary N) is 2. The Morgan fingerprint density at radius 3 is 2.56 bits per heavy atom. The van der Waals surface area contributed by atoms with Gasteiger partial charge in [-0.2, -0.15) is 0 Å². The first-order chi connectivity index (χ1) is 8.17. The molecule has 0 spiro atoms. The number of para-hydroxylation sites is 1. The first-order valence-corrected chi connectivity index (χ1v) is 6.29. The minimum atomic E-state index is -0.349. The summed E-state index contributed by atoms with van der Waals surface area (Å²) in [6.45, 7) is -0.187. The summed E-state index contributed by atoms with van der Waals surface area (Å²) in [6, 6.07) is 7.47. The van der Waals surface area contributed by atoms with E-state index < -0.39 is 0 Å². The van der Waals surface area contributed by atoms with Crippen molar-refractivity contribution in [1.82, 2.24) is 5.32 Å². The molecule has 7 heteroatoms. The number of halogens is 1. The summed E-state index contributed by atoms with van der Waals surface area (Å²) < 4.78 is 0. The van der Waals surface area contributed by atoms with Crippen molar-refractivity contribution in [2.45, 2.75) is 4.90 Å². The predicted octanol–water partition coefficient (Wildman–Crippen LogP) is 0.844. The Morgan fingerprint density at radius 2 is 1.94 bits per heavy atom. The molecule has 0 unspecified atom stereocenters. The van der Waals surface area contributed by atoms with Gasteiger partial charge in [0.15, 0.2) is 0 Å². The van der Waals surface area contributed by atoms with Crippen LogP contribution in [-0.2, 0) is 9.59 Å². The highest BCUT2D eigenvalue weighted by Gasteiger charge is 2.06. The van der Waals surface area contributed by atoms with Gasteiger partial charge in [-0.15, -0.1) is 24.2 Å². The van der Waals surface area contributed by atoms with Crippen molar-refractivity contribution in [2.75, 3.05) is 24.7 Å². The molecule has 0 bridgehead atoms. The maximum Gasteiger partial charge on any atom is 0.243 e. The van der Waals surface area contributed by atoms with Crippen molar-refractivity contribution in [1.29, 1.82) is 0 Å².